The summed E-state index contributed by atoms with van der Waals surface area (Å²) in [4.78, 5) is 8.00. The fraction of sp³-hybridized carbons (Fsp3) is 0.214. The zero-order valence-electron chi connectivity index (χ0n) is 11.5. The van der Waals surface area contributed by atoms with Gasteiger partial charge in [0.1, 0.15) is 22.6 Å². The van der Waals surface area contributed by atoms with Crippen molar-refractivity contribution in [3.05, 3.63) is 50.4 Å². The van der Waals surface area contributed by atoms with Gasteiger partial charge in [0.25, 0.3) is 0 Å². The molecule has 1 aromatic carbocycles. The molecule has 0 fully saturated rings. The van der Waals surface area contributed by atoms with Crippen molar-refractivity contribution in [1.29, 1.82) is 5.26 Å². The number of thiazole rings is 1. The van der Waals surface area contributed by atoms with Crippen molar-refractivity contribution in [3.63, 3.8) is 0 Å². The number of hydrogen-bond acceptors (Lipinski definition) is 5. The molecule has 0 saturated heterocycles. The molecule has 9 heteroatoms. The molecule has 23 heavy (non-hydrogen) atoms. The molecule has 1 aromatic heterocycles. The predicted octanol–water partition coefficient (Wildman–Crippen LogP) is 4.43. The lowest BCUT2D eigenvalue weighted by molar-refractivity contribution is -0.141. The van der Waals surface area contributed by atoms with Crippen molar-refractivity contribution in [3.8, 4) is 6.07 Å². The molecular weight excluding hydrogens is 351 g/mol. The van der Waals surface area contributed by atoms with Gasteiger partial charge < -0.3 is 4.84 Å². The van der Waals surface area contributed by atoms with Gasteiger partial charge in [0.05, 0.1) is 6.21 Å². The summed E-state index contributed by atoms with van der Waals surface area (Å²) in [7, 11) is 0. The summed E-state index contributed by atoms with van der Waals surface area (Å²) in [5.74, 6) is 0. The summed E-state index contributed by atoms with van der Waals surface area (Å²) in [6.45, 7) is 0.211. The van der Waals surface area contributed by atoms with E-state index in [1.807, 2.05) is 0 Å². The Bertz CT molecular complexity index is 735. The van der Waals surface area contributed by atoms with Crippen LogP contribution in [0.25, 0.3) is 0 Å². The van der Waals surface area contributed by atoms with E-state index in [0.717, 1.165) is 5.56 Å². The Labute approximate surface area is 138 Å². The second-order valence-corrected chi connectivity index (χ2v) is 5.81. The highest BCUT2D eigenvalue weighted by Crippen LogP contribution is 2.33. The molecule has 0 saturated carbocycles. The van der Waals surface area contributed by atoms with Crippen LogP contribution in [0.2, 0.25) is 5.02 Å². The lowest BCUT2D eigenvalue weighted by Crippen LogP contribution is -2.07. The quantitative estimate of drug-likeness (QED) is 0.586. The van der Waals surface area contributed by atoms with E-state index in [0.29, 0.717) is 16.4 Å². The fourth-order valence-electron chi connectivity index (χ4n) is 1.58. The average molecular weight is 360 g/mol. The summed E-state index contributed by atoms with van der Waals surface area (Å²) >= 11 is 6.43. The molecule has 0 unspecified atom stereocenters. The first-order valence-electron chi connectivity index (χ1n) is 6.25. The molecule has 0 aliphatic heterocycles. The van der Waals surface area contributed by atoms with E-state index in [9.17, 15) is 13.2 Å². The van der Waals surface area contributed by atoms with Crippen LogP contribution in [0.3, 0.4) is 0 Å². The van der Waals surface area contributed by atoms with Crippen LogP contribution in [0, 0.1) is 11.3 Å². The van der Waals surface area contributed by atoms with Gasteiger partial charge in [-0.25, -0.2) is 4.98 Å². The number of alkyl halides is 3. The van der Waals surface area contributed by atoms with Crippen LogP contribution in [-0.2, 0) is 24.0 Å². The van der Waals surface area contributed by atoms with Gasteiger partial charge >= 0.3 is 6.18 Å². The van der Waals surface area contributed by atoms with E-state index in [4.69, 9.17) is 21.7 Å². The van der Waals surface area contributed by atoms with Crippen molar-refractivity contribution < 1.29 is 18.0 Å². The molecule has 0 radical (unpaired) electrons. The maximum Gasteiger partial charge on any atom is 0.435 e. The Morgan fingerprint density at radius 1 is 1.35 bits per heavy atom. The fourth-order valence-corrected chi connectivity index (χ4v) is 2.54. The maximum absolute atomic E-state index is 12.6. The third-order valence-corrected chi connectivity index (χ3v) is 3.84. The van der Waals surface area contributed by atoms with E-state index >= 15 is 0 Å². The Morgan fingerprint density at radius 3 is 2.61 bits per heavy atom. The topological polar surface area (TPSA) is 58.3 Å². The molecule has 1 heterocycles. The molecule has 0 aliphatic rings. The van der Waals surface area contributed by atoms with Crippen LogP contribution < -0.4 is 0 Å². The zero-order valence-corrected chi connectivity index (χ0v) is 13.0. The van der Waals surface area contributed by atoms with Crippen LogP contribution in [0.1, 0.15) is 21.1 Å². The Hall–Kier alpha value is -2.11. The number of benzene rings is 1. The van der Waals surface area contributed by atoms with Gasteiger partial charge in [-0.15, -0.1) is 11.3 Å². The van der Waals surface area contributed by atoms with Crippen molar-refractivity contribution in [2.75, 3.05) is 0 Å². The third kappa shape index (κ3) is 4.94. The standard InChI is InChI=1S/C14H9ClF3N3OS/c15-10-3-1-9(2-4-10)8-22-20-6-5-12-21-13(14(16,17)18)11(7-19)23-12/h1-4,6H,5,8H2. The Morgan fingerprint density at radius 2 is 2.04 bits per heavy atom. The molecule has 0 amide bonds. The molecule has 0 spiro atoms. The molecule has 0 aliphatic carbocycles. The van der Waals surface area contributed by atoms with Crippen molar-refractivity contribution >= 4 is 29.2 Å². The first-order valence-corrected chi connectivity index (χ1v) is 7.45. The van der Waals surface area contributed by atoms with Crippen LogP contribution in [0.4, 0.5) is 13.2 Å². The van der Waals surface area contributed by atoms with Crippen LogP contribution in [0.15, 0.2) is 29.4 Å². The number of oxime groups is 1. The number of nitriles is 1. The Kier molecular flexibility index (Phi) is 5.58. The predicted molar refractivity (Wildman–Crippen MR) is 80.3 cm³/mol. The minimum Gasteiger partial charge on any atom is -0.391 e. The van der Waals surface area contributed by atoms with Crippen LogP contribution >= 0.6 is 22.9 Å². The molecule has 4 nitrogen and oxygen atoms in total. The number of halogens is 4. The van der Waals surface area contributed by atoms with Gasteiger partial charge in [-0.1, -0.05) is 28.9 Å². The minimum atomic E-state index is -4.64. The van der Waals surface area contributed by atoms with E-state index in [1.165, 1.54) is 12.3 Å². The van der Waals surface area contributed by atoms with E-state index < -0.39 is 16.7 Å². The molecule has 120 valence electrons. The van der Waals surface area contributed by atoms with Gasteiger partial charge in [-0.2, -0.15) is 18.4 Å². The lowest BCUT2D eigenvalue weighted by Gasteiger charge is -2.01. The van der Waals surface area contributed by atoms with E-state index in [2.05, 4.69) is 10.1 Å². The van der Waals surface area contributed by atoms with Gasteiger partial charge in [-0.3, -0.25) is 0 Å². The van der Waals surface area contributed by atoms with Crippen LogP contribution in [-0.4, -0.2) is 11.2 Å². The SMILES string of the molecule is N#Cc1sc(CC=NOCc2ccc(Cl)cc2)nc1C(F)(F)F. The van der Waals surface area contributed by atoms with Gasteiger partial charge in [-0.05, 0) is 17.7 Å². The molecule has 2 rings (SSSR count). The average Bonchev–Trinajstić information content (AvgIpc) is 2.92. The first kappa shape index (κ1) is 17.2. The smallest absolute Gasteiger partial charge is 0.391 e. The zero-order chi connectivity index (χ0) is 16.9. The van der Waals surface area contributed by atoms with E-state index in [1.54, 1.807) is 24.3 Å². The largest absolute Gasteiger partial charge is 0.435 e. The van der Waals surface area contributed by atoms with Crippen molar-refractivity contribution in [2.24, 2.45) is 5.16 Å². The van der Waals surface area contributed by atoms with Crippen molar-refractivity contribution in [1.82, 2.24) is 4.98 Å². The minimum absolute atomic E-state index is 0.0516. The monoisotopic (exact) mass is 359 g/mol. The molecule has 2 aromatic rings. The third-order valence-electron chi connectivity index (χ3n) is 2.60. The number of nitrogens with zero attached hydrogens (tertiary/aromatic N) is 3. The summed E-state index contributed by atoms with van der Waals surface area (Å²) < 4.78 is 37.9. The molecular formula is C14H9ClF3N3OS. The number of rotatable bonds is 5. The number of hydrogen-bond donors (Lipinski definition) is 0. The first-order chi connectivity index (χ1) is 10.9. The molecule has 0 atom stereocenters. The van der Waals surface area contributed by atoms with Crippen molar-refractivity contribution in [2.45, 2.75) is 19.2 Å². The molecule has 0 N–H and O–H groups in total. The van der Waals surface area contributed by atoms with Gasteiger partial charge in [0.2, 0.25) is 0 Å². The Balaban J connectivity index is 1.89. The summed E-state index contributed by atoms with van der Waals surface area (Å²) in [5.41, 5.74) is -0.303. The highest BCUT2D eigenvalue weighted by atomic mass is 35.5. The van der Waals surface area contributed by atoms with Gasteiger partial charge in [0, 0.05) is 11.4 Å². The maximum atomic E-state index is 12.6. The highest BCUT2D eigenvalue weighted by Gasteiger charge is 2.37. The van der Waals surface area contributed by atoms with Gasteiger partial charge in [0.15, 0.2) is 5.69 Å². The number of aromatic nitrogens is 1. The van der Waals surface area contributed by atoms with Crippen LogP contribution in [0.5, 0.6) is 0 Å². The summed E-state index contributed by atoms with van der Waals surface area (Å²) in [6, 6.07) is 8.46. The highest BCUT2D eigenvalue weighted by molar-refractivity contribution is 7.12. The lowest BCUT2D eigenvalue weighted by atomic mass is 10.2. The molecule has 0 bridgehead atoms. The normalized spacial score (nSPS) is 11.6. The second kappa shape index (κ2) is 7.44. The van der Waals surface area contributed by atoms with E-state index in [-0.39, 0.29) is 18.0 Å². The summed E-state index contributed by atoms with van der Waals surface area (Å²) in [5, 5.41) is 13.1. The second-order valence-electron chi connectivity index (χ2n) is 4.29. The summed E-state index contributed by atoms with van der Waals surface area (Å²) in [6.07, 6.45) is -3.28.